The van der Waals surface area contributed by atoms with Crippen molar-refractivity contribution in [3.63, 3.8) is 0 Å². The highest BCUT2D eigenvalue weighted by atomic mass is 35.5. The summed E-state index contributed by atoms with van der Waals surface area (Å²) in [6.07, 6.45) is 1.37. The van der Waals surface area contributed by atoms with Crippen LogP contribution in [0.2, 0.25) is 5.02 Å². The highest BCUT2D eigenvalue weighted by Gasteiger charge is 2.51. The molecule has 1 atom stereocenters. The van der Waals surface area contributed by atoms with E-state index >= 15 is 0 Å². The molecule has 0 saturated carbocycles. The minimum atomic E-state index is -1.92. The molecule has 6 nitrogen and oxygen atoms in total. The summed E-state index contributed by atoms with van der Waals surface area (Å²) < 4.78 is 6.64. The lowest BCUT2D eigenvalue weighted by molar-refractivity contribution is -0.939. The number of piperidine rings is 3. The number of para-hydroxylation sites is 1. The molecule has 3 fully saturated rings. The first-order valence-corrected chi connectivity index (χ1v) is 12.7. The van der Waals surface area contributed by atoms with Crippen LogP contribution in [0.5, 0.6) is 0 Å². The van der Waals surface area contributed by atoms with Crippen LogP contribution >= 0.6 is 11.6 Å². The number of aliphatic hydroxyl groups is 1. The number of carbonyl (C=O) groups is 2. The summed E-state index contributed by atoms with van der Waals surface area (Å²) >= 11 is 6.21. The molecule has 2 N–H and O–H groups in total. The molecule has 1 amide bonds. The molecule has 186 valence electrons. The van der Waals surface area contributed by atoms with Crippen molar-refractivity contribution in [2.75, 3.05) is 31.5 Å². The maximum absolute atomic E-state index is 13.6. The number of esters is 1. The maximum atomic E-state index is 13.6. The molecule has 1 unspecified atom stereocenters. The van der Waals surface area contributed by atoms with Gasteiger partial charge in [0.2, 0.25) is 5.60 Å². The summed E-state index contributed by atoms with van der Waals surface area (Å²) in [5, 5.41) is 15.2. The van der Waals surface area contributed by atoms with Crippen LogP contribution in [0.3, 0.4) is 0 Å². The third kappa shape index (κ3) is 4.76. The van der Waals surface area contributed by atoms with Crippen molar-refractivity contribution in [3.8, 4) is 0 Å². The van der Waals surface area contributed by atoms with Crippen LogP contribution in [0.1, 0.15) is 24.0 Å². The summed E-state index contributed by atoms with van der Waals surface area (Å²) in [5.74, 6) is -0.577. The summed E-state index contributed by atoms with van der Waals surface area (Å²) in [7, 11) is 0. The highest BCUT2D eigenvalue weighted by molar-refractivity contribution is 6.33. The average molecular weight is 506 g/mol. The van der Waals surface area contributed by atoms with Gasteiger partial charge in [-0.1, -0.05) is 84.4 Å². The third-order valence-electron chi connectivity index (χ3n) is 7.61. The number of quaternary nitrogens is 1. The van der Waals surface area contributed by atoms with Gasteiger partial charge in [0.05, 0.1) is 23.8 Å². The smallest absolute Gasteiger partial charge is 0.348 e. The van der Waals surface area contributed by atoms with Gasteiger partial charge in [-0.05, 0) is 23.3 Å². The number of nitrogens with one attached hydrogen (secondary N) is 1. The molecular formula is C29H30ClN2O4+. The molecule has 3 saturated heterocycles. The SMILES string of the molecule is O=C(C[N+]12CCC(CC1)C(OC(=O)C(O)(c1ccccc1)c1ccccc1)C2)Nc1ccccc1Cl. The van der Waals surface area contributed by atoms with E-state index in [0.29, 0.717) is 32.9 Å². The average Bonchev–Trinajstić information content (AvgIpc) is 2.91. The quantitative estimate of drug-likeness (QED) is 0.369. The molecule has 3 aromatic rings. The molecule has 3 aromatic carbocycles. The van der Waals surface area contributed by atoms with Gasteiger partial charge in [-0.3, -0.25) is 4.79 Å². The first-order chi connectivity index (χ1) is 17.4. The Bertz CT molecular complexity index is 1190. The van der Waals surface area contributed by atoms with Gasteiger partial charge in [-0.15, -0.1) is 0 Å². The fourth-order valence-corrected chi connectivity index (χ4v) is 5.80. The Kier molecular flexibility index (Phi) is 6.84. The van der Waals surface area contributed by atoms with E-state index in [1.807, 2.05) is 24.3 Å². The number of ether oxygens (including phenoxy) is 1. The van der Waals surface area contributed by atoms with Crippen molar-refractivity contribution in [2.24, 2.45) is 5.92 Å². The summed E-state index contributed by atoms with van der Waals surface area (Å²) in [6, 6.07) is 25.0. The Morgan fingerprint density at radius 1 is 0.917 bits per heavy atom. The summed E-state index contributed by atoms with van der Waals surface area (Å²) in [5.41, 5.74) is -0.398. The van der Waals surface area contributed by atoms with Crippen molar-refractivity contribution < 1.29 is 23.9 Å². The van der Waals surface area contributed by atoms with Gasteiger partial charge in [-0.25, -0.2) is 4.79 Å². The second-order valence-electron chi connectivity index (χ2n) is 9.88. The fourth-order valence-electron chi connectivity index (χ4n) is 5.62. The standard InChI is InChI=1S/C29H29ClN2O4/c30-24-13-7-8-14-25(24)31-27(33)20-32-17-15-21(16-18-32)26(19-32)36-28(34)29(35,22-9-3-1-4-10-22)23-11-5-2-6-12-23/h1-14,21,26,35H,15-20H2/p+1. The lowest BCUT2D eigenvalue weighted by atomic mass is 9.82. The van der Waals surface area contributed by atoms with Gasteiger partial charge in [0, 0.05) is 18.8 Å². The number of fused-ring (bicyclic) bond motifs is 3. The molecule has 3 heterocycles. The predicted octanol–water partition coefficient (Wildman–Crippen LogP) is 4.37. The third-order valence-corrected chi connectivity index (χ3v) is 7.93. The minimum Gasteiger partial charge on any atom is -0.453 e. The van der Waals surface area contributed by atoms with Gasteiger partial charge in [0.1, 0.15) is 6.54 Å². The molecule has 2 bridgehead atoms. The van der Waals surface area contributed by atoms with Gasteiger partial charge in [0.15, 0.2) is 12.6 Å². The zero-order valence-corrected chi connectivity index (χ0v) is 20.7. The molecule has 3 aliphatic heterocycles. The van der Waals surface area contributed by atoms with E-state index < -0.39 is 11.6 Å². The van der Waals surface area contributed by atoms with E-state index in [9.17, 15) is 14.7 Å². The first kappa shape index (κ1) is 24.5. The Hall–Kier alpha value is -3.19. The fraction of sp³-hybridized carbons (Fsp3) is 0.310. The zero-order valence-electron chi connectivity index (χ0n) is 20.0. The van der Waals surface area contributed by atoms with Crippen molar-refractivity contribution in [1.82, 2.24) is 0 Å². The molecule has 0 radical (unpaired) electrons. The molecular weight excluding hydrogens is 476 g/mol. The number of hydrogen-bond donors (Lipinski definition) is 2. The number of benzene rings is 3. The Morgan fingerprint density at radius 3 is 2.06 bits per heavy atom. The Labute approximate surface area is 216 Å². The van der Waals surface area contributed by atoms with Crippen LogP contribution in [0.25, 0.3) is 0 Å². The number of hydrogen-bond acceptors (Lipinski definition) is 4. The molecule has 0 aliphatic carbocycles. The number of halogens is 1. The van der Waals surface area contributed by atoms with E-state index in [2.05, 4.69) is 5.32 Å². The molecule has 3 aliphatic rings. The molecule has 6 rings (SSSR count). The van der Waals surface area contributed by atoms with Gasteiger partial charge in [0.25, 0.3) is 5.91 Å². The second kappa shape index (κ2) is 10.1. The van der Waals surface area contributed by atoms with Crippen LogP contribution in [0, 0.1) is 5.92 Å². The van der Waals surface area contributed by atoms with Gasteiger partial charge >= 0.3 is 5.97 Å². The van der Waals surface area contributed by atoms with Crippen LogP contribution in [-0.4, -0.2) is 53.7 Å². The topological polar surface area (TPSA) is 75.6 Å². The number of nitrogens with zero attached hydrogens (tertiary/aromatic N) is 1. The van der Waals surface area contributed by atoms with E-state index in [-0.39, 0.29) is 24.5 Å². The lowest BCUT2D eigenvalue weighted by Crippen LogP contribution is -2.66. The number of rotatable bonds is 7. The van der Waals surface area contributed by atoms with E-state index in [1.54, 1.807) is 60.7 Å². The highest BCUT2D eigenvalue weighted by Crippen LogP contribution is 2.38. The molecule has 0 spiro atoms. The van der Waals surface area contributed by atoms with E-state index in [4.69, 9.17) is 16.3 Å². The lowest BCUT2D eigenvalue weighted by Gasteiger charge is -2.51. The van der Waals surface area contributed by atoms with Crippen LogP contribution < -0.4 is 5.32 Å². The Morgan fingerprint density at radius 2 is 1.47 bits per heavy atom. The van der Waals surface area contributed by atoms with Crippen LogP contribution in [0.15, 0.2) is 84.9 Å². The zero-order chi connectivity index (χ0) is 25.2. The van der Waals surface area contributed by atoms with Crippen molar-refractivity contribution >= 4 is 29.2 Å². The van der Waals surface area contributed by atoms with E-state index in [0.717, 1.165) is 25.9 Å². The molecule has 0 aromatic heterocycles. The van der Waals surface area contributed by atoms with Crippen molar-refractivity contribution in [3.05, 3.63) is 101 Å². The summed E-state index contributed by atoms with van der Waals surface area (Å²) in [4.78, 5) is 26.6. The van der Waals surface area contributed by atoms with Crippen LogP contribution in [-0.2, 0) is 19.9 Å². The number of carbonyl (C=O) groups excluding carboxylic acids is 2. The van der Waals surface area contributed by atoms with Crippen molar-refractivity contribution in [2.45, 2.75) is 24.5 Å². The number of amides is 1. The minimum absolute atomic E-state index is 0.112. The van der Waals surface area contributed by atoms with Crippen molar-refractivity contribution in [1.29, 1.82) is 0 Å². The largest absolute Gasteiger partial charge is 0.453 e. The maximum Gasteiger partial charge on any atom is 0.348 e. The van der Waals surface area contributed by atoms with Crippen LogP contribution in [0.4, 0.5) is 5.69 Å². The monoisotopic (exact) mass is 505 g/mol. The Balaban J connectivity index is 1.33. The van der Waals surface area contributed by atoms with E-state index in [1.165, 1.54) is 0 Å². The van der Waals surface area contributed by atoms with Gasteiger partial charge < -0.3 is 19.6 Å². The predicted molar refractivity (Wildman–Crippen MR) is 138 cm³/mol. The summed E-state index contributed by atoms with van der Waals surface area (Å²) in [6.45, 7) is 2.55. The second-order valence-corrected chi connectivity index (χ2v) is 10.3. The van der Waals surface area contributed by atoms with Gasteiger partial charge in [-0.2, -0.15) is 0 Å². The first-order valence-electron chi connectivity index (χ1n) is 12.3. The number of anilines is 1. The molecule has 7 heteroatoms. The normalized spacial score (nSPS) is 23.2. The molecule has 36 heavy (non-hydrogen) atoms.